The standard InChI is InChI=1S/C13H22N2OS/c1-11-3-4-13(17-11)12(2)14-5-6-15-7-9-16-10-8-15/h3-4,12,14H,5-10H2,1-2H3. The number of ether oxygens (including phenoxy) is 1. The Hall–Kier alpha value is -0.420. The van der Waals surface area contributed by atoms with Gasteiger partial charge in [0.25, 0.3) is 0 Å². The molecule has 17 heavy (non-hydrogen) atoms. The molecule has 4 heteroatoms. The van der Waals surface area contributed by atoms with Gasteiger partial charge in [0.15, 0.2) is 0 Å². The van der Waals surface area contributed by atoms with Crippen molar-refractivity contribution in [2.45, 2.75) is 19.9 Å². The lowest BCUT2D eigenvalue weighted by molar-refractivity contribution is 0.0382. The molecule has 0 aliphatic carbocycles. The highest BCUT2D eigenvalue weighted by molar-refractivity contribution is 7.12. The fraction of sp³-hybridized carbons (Fsp3) is 0.692. The van der Waals surface area contributed by atoms with E-state index in [1.165, 1.54) is 9.75 Å². The van der Waals surface area contributed by atoms with Gasteiger partial charge < -0.3 is 10.1 Å². The van der Waals surface area contributed by atoms with Gasteiger partial charge in [0.2, 0.25) is 0 Å². The monoisotopic (exact) mass is 254 g/mol. The number of nitrogens with zero attached hydrogens (tertiary/aromatic N) is 1. The van der Waals surface area contributed by atoms with Gasteiger partial charge in [0.1, 0.15) is 0 Å². The minimum Gasteiger partial charge on any atom is -0.379 e. The summed E-state index contributed by atoms with van der Waals surface area (Å²) in [6, 6.07) is 4.89. The topological polar surface area (TPSA) is 24.5 Å². The summed E-state index contributed by atoms with van der Waals surface area (Å²) in [5.41, 5.74) is 0. The summed E-state index contributed by atoms with van der Waals surface area (Å²) in [6.07, 6.45) is 0. The summed E-state index contributed by atoms with van der Waals surface area (Å²) in [5, 5.41) is 3.59. The van der Waals surface area contributed by atoms with Crippen molar-refractivity contribution >= 4 is 11.3 Å². The first-order chi connectivity index (χ1) is 8.25. The third-order valence-electron chi connectivity index (χ3n) is 3.17. The molecule has 2 heterocycles. The van der Waals surface area contributed by atoms with Crippen LogP contribution in [0.2, 0.25) is 0 Å². The molecular weight excluding hydrogens is 232 g/mol. The molecule has 0 amide bonds. The lowest BCUT2D eigenvalue weighted by Crippen LogP contribution is -2.40. The summed E-state index contributed by atoms with van der Waals surface area (Å²) in [5.74, 6) is 0. The van der Waals surface area contributed by atoms with Crippen LogP contribution in [-0.2, 0) is 4.74 Å². The van der Waals surface area contributed by atoms with Crippen LogP contribution >= 0.6 is 11.3 Å². The molecule has 1 fully saturated rings. The van der Waals surface area contributed by atoms with E-state index in [2.05, 4.69) is 36.2 Å². The average molecular weight is 254 g/mol. The lowest BCUT2D eigenvalue weighted by atomic mass is 10.2. The zero-order valence-electron chi connectivity index (χ0n) is 10.7. The Morgan fingerprint density at radius 1 is 1.41 bits per heavy atom. The van der Waals surface area contributed by atoms with E-state index in [4.69, 9.17) is 4.74 Å². The molecule has 1 aliphatic rings. The molecule has 0 radical (unpaired) electrons. The van der Waals surface area contributed by atoms with Crippen LogP contribution in [-0.4, -0.2) is 44.3 Å². The number of hydrogen-bond donors (Lipinski definition) is 1. The van der Waals surface area contributed by atoms with Gasteiger partial charge in [-0.15, -0.1) is 11.3 Å². The van der Waals surface area contributed by atoms with Crippen molar-refractivity contribution in [2.75, 3.05) is 39.4 Å². The van der Waals surface area contributed by atoms with Crippen LogP contribution in [0.15, 0.2) is 12.1 Å². The zero-order chi connectivity index (χ0) is 12.1. The van der Waals surface area contributed by atoms with Crippen LogP contribution in [0.5, 0.6) is 0 Å². The van der Waals surface area contributed by atoms with E-state index in [-0.39, 0.29) is 0 Å². The Morgan fingerprint density at radius 2 is 2.18 bits per heavy atom. The fourth-order valence-corrected chi connectivity index (χ4v) is 2.95. The number of thiophene rings is 1. The molecule has 0 aromatic carbocycles. The molecule has 1 aromatic heterocycles. The fourth-order valence-electron chi connectivity index (χ4n) is 2.05. The predicted octanol–water partition coefficient (Wildman–Crippen LogP) is 2.04. The van der Waals surface area contributed by atoms with Gasteiger partial charge in [-0.05, 0) is 26.0 Å². The second-order valence-corrected chi connectivity index (χ2v) is 5.90. The highest BCUT2D eigenvalue weighted by Crippen LogP contribution is 2.21. The summed E-state index contributed by atoms with van der Waals surface area (Å²) in [4.78, 5) is 5.29. The third kappa shape index (κ3) is 4.07. The van der Waals surface area contributed by atoms with Crippen LogP contribution in [0.1, 0.15) is 22.7 Å². The highest BCUT2D eigenvalue weighted by Gasteiger charge is 2.11. The van der Waals surface area contributed by atoms with E-state index in [1.54, 1.807) is 0 Å². The molecular formula is C13H22N2OS. The van der Waals surface area contributed by atoms with E-state index in [1.807, 2.05) is 11.3 Å². The van der Waals surface area contributed by atoms with Crippen molar-refractivity contribution in [1.82, 2.24) is 10.2 Å². The van der Waals surface area contributed by atoms with Crippen molar-refractivity contribution in [2.24, 2.45) is 0 Å². The Bertz CT molecular complexity index is 334. The molecule has 1 saturated heterocycles. The first-order valence-electron chi connectivity index (χ1n) is 6.35. The summed E-state index contributed by atoms with van der Waals surface area (Å²) in [6.45, 7) is 10.5. The molecule has 1 atom stereocenters. The molecule has 1 aliphatic heterocycles. The Labute approximate surface area is 108 Å². The average Bonchev–Trinajstić information content (AvgIpc) is 2.77. The van der Waals surface area contributed by atoms with Gasteiger partial charge in [-0.2, -0.15) is 0 Å². The SMILES string of the molecule is Cc1ccc(C(C)NCCN2CCOCC2)s1. The zero-order valence-corrected chi connectivity index (χ0v) is 11.6. The van der Waals surface area contributed by atoms with Gasteiger partial charge in [0.05, 0.1) is 13.2 Å². The Kier molecular flexibility index (Phi) is 4.98. The van der Waals surface area contributed by atoms with Crippen molar-refractivity contribution in [3.63, 3.8) is 0 Å². The van der Waals surface area contributed by atoms with Crippen LogP contribution in [0.25, 0.3) is 0 Å². The predicted molar refractivity (Wildman–Crippen MR) is 72.7 cm³/mol. The first kappa shape index (κ1) is 13.0. The maximum atomic E-state index is 5.34. The molecule has 1 N–H and O–H groups in total. The smallest absolute Gasteiger partial charge is 0.0594 e. The van der Waals surface area contributed by atoms with Crippen molar-refractivity contribution in [3.8, 4) is 0 Å². The minimum atomic E-state index is 0.467. The van der Waals surface area contributed by atoms with Gasteiger partial charge in [-0.3, -0.25) is 4.90 Å². The van der Waals surface area contributed by atoms with E-state index in [0.717, 1.165) is 39.4 Å². The molecule has 0 saturated carbocycles. The van der Waals surface area contributed by atoms with E-state index < -0.39 is 0 Å². The normalized spacial score (nSPS) is 19.4. The molecule has 0 bridgehead atoms. The maximum Gasteiger partial charge on any atom is 0.0594 e. The summed E-state index contributed by atoms with van der Waals surface area (Å²) in [7, 11) is 0. The van der Waals surface area contributed by atoms with E-state index in [0.29, 0.717) is 6.04 Å². The molecule has 96 valence electrons. The Morgan fingerprint density at radius 3 is 2.82 bits per heavy atom. The lowest BCUT2D eigenvalue weighted by Gasteiger charge is -2.27. The van der Waals surface area contributed by atoms with Crippen molar-refractivity contribution < 1.29 is 4.74 Å². The molecule has 0 spiro atoms. The molecule has 2 rings (SSSR count). The van der Waals surface area contributed by atoms with Crippen LogP contribution < -0.4 is 5.32 Å². The molecule has 1 unspecified atom stereocenters. The van der Waals surface area contributed by atoms with Crippen molar-refractivity contribution in [3.05, 3.63) is 21.9 Å². The van der Waals surface area contributed by atoms with Crippen LogP contribution in [0.3, 0.4) is 0 Å². The Balaban J connectivity index is 1.67. The van der Waals surface area contributed by atoms with Gasteiger partial charge >= 0.3 is 0 Å². The maximum absolute atomic E-state index is 5.34. The summed E-state index contributed by atoms with van der Waals surface area (Å²) < 4.78 is 5.34. The van der Waals surface area contributed by atoms with Crippen molar-refractivity contribution in [1.29, 1.82) is 0 Å². The van der Waals surface area contributed by atoms with Gasteiger partial charge in [0, 0.05) is 42.0 Å². The third-order valence-corrected chi connectivity index (χ3v) is 4.35. The van der Waals surface area contributed by atoms with Gasteiger partial charge in [-0.1, -0.05) is 0 Å². The number of rotatable bonds is 5. The van der Waals surface area contributed by atoms with E-state index >= 15 is 0 Å². The quantitative estimate of drug-likeness (QED) is 0.870. The number of aryl methyl sites for hydroxylation is 1. The largest absolute Gasteiger partial charge is 0.379 e. The van der Waals surface area contributed by atoms with Gasteiger partial charge in [-0.25, -0.2) is 0 Å². The molecule has 1 aromatic rings. The molecule has 3 nitrogen and oxygen atoms in total. The second kappa shape index (κ2) is 6.50. The number of hydrogen-bond acceptors (Lipinski definition) is 4. The number of morpholine rings is 1. The first-order valence-corrected chi connectivity index (χ1v) is 7.17. The minimum absolute atomic E-state index is 0.467. The van der Waals surface area contributed by atoms with E-state index in [9.17, 15) is 0 Å². The van der Waals surface area contributed by atoms with Crippen LogP contribution in [0, 0.1) is 6.92 Å². The summed E-state index contributed by atoms with van der Waals surface area (Å²) >= 11 is 1.89. The number of nitrogens with one attached hydrogen (secondary N) is 1. The van der Waals surface area contributed by atoms with Crippen LogP contribution in [0.4, 0.5) is 0 Å². The second-order valence-electron chi connectivity index (χ2n) is 4.58. The highest BCUT2D eigenvalue weighted by atomic mass is 32.1.